The van der Waals surface area contributed by atoms with E-state index in [1.807, 2.05) is 35.2 Å². The van der Waals surface area contributed by atoms with Gasteiger partial charge in [-0.25, -0.2) is 4.79 Å². The van der Waals surface area contributed by atoms with Gasteiger partial charge in [0.1, 0.15) is 0 Å². The van der Waals surface area contributed by atoms with Crippen molar-refractivity contribution in [2.24, 2.45) is 11.1 Å². The average Bonchev–Trinajstić information content (AvgIpc) is 2.96. The predicted molar refractivity (Wildman–Crippen MR) is 170 cm³/mol. The summed E-state index contributed by atoms with van der Waals surface area (Å²) in [6.45, 7) is 11.4. The van der Waals surface area contributed by atoms with Gasteiger partial charge in [-0.1, -0.05) is 69.3 Å². The van der Waals surface area contributed by atoms with Crippen LogP contribution in [0.15, 0.2) is 66.7 Å². The fourth-order valence-electron chi connectivity index (χ4n) is 5.24. The molecule has 224 valence electrons. The van der Waals surface area contributed by atoms with Gasteiger partial charge in [-0.15, -0.1) is 0 Å². The van der Waals surface area contributed by atoms with E-state index in [-0.39, 0.29) is 11.3 Å². The van der Waals surface area contributed by atoms with Crippen molar-refractivity contribution >= 4 is 23.4 Å². The Bertz CT molecular complexity index is 1380. The standard InChI is InChI=1S/C34H45N5O3/c1-34(2,3)21-32(40)39(23-26-9-6-8-25(18-26)22-35)24-27-10-7-11-28(19-27)29-12-13-31(30(20-29)36-33(41)42-5)38-16-14-37(4)15-17-38/h6-13,18-20H,14-17,21-24,35H2,1-5H3,(H,36,41). The van der Waals surface area contributed by atoms with Crippen molar-refractivity contribution in [1.29, 1.82) is 0 Å². The van der Waals surface area contributed by atoms with Crippen molar-refractivity contribution in [2.45, 2.75) is 46.8 Å². The van der Waals surface area contributed by atoms with Crippen LogP contribution in [0.25, 0.3) is 11.1 Å². The van der Waals surface area contributed by atoms with Gasteiger partial charge in [0.25, 0.3) is 0 Å². The lowest BCUT2D eigenvalue weighted by Gasteiger charge is -2.35. The number of nitrogens with one attached hydrogen (secondary N) is 1. The second kappa shape index (κ2) is 13.9. The number of nitrogens with zero attached hydrogens (tertiary/aromatic N) is 3. The summed E-state index contributed by atoms with van der Waals surface area (Å²) in [4.78, 5) is 32.3. The van der Waals surface area contributed by atoms with Crippen LogP contribution < -0.4 is 16.0 Å². The van der Waals surface area contributed by atoms with Crippen LogP contribution in [0, 0.1) is 5.41 Å². The number of hydrogen-bond acceptors (Lipinski definition) is 6. The van der Waals surface area contributed by atoms with Crippen LogP contribution >= 0.6 is 0 Å². The van der Waals surface area contributed by atoms with E-state index in [1.165, 1.54) is 7.11 Å². The molecule has 2 amide bonds. The lowest BCUT2D eigenvalue weighted by Crippen LogP contribution is -2.44. The SMILES string of the molecule is COC(=O)Nc1cc(-c2cccc(CN(Cc3cccc(CN)c3)C(=O)CC(C)(C)C)c2)ccc1N1CCN(C)CC1. The maximum Gasteiger partial charge on any atom is 0.411 e. The minimum absolute atomic E-state index is 0.118. The van der Waals surface area contributed by atoms with Crippen LogP contribution in [0.3, 0.4) is 0 Å². The first-order chi connectivity index (χ1) is 20.0. The van der Waals surface area contributed by atoms with Crippen molar-refractivity contribution in [3.63, 3.8) is 0 Å². The molecule has 8 nitrogen and oxygen atoms in total. The normalized spacial score (nSPS) is 14.0. The zero-order valence-corrected chi connectivity index (χ0v) is 25.7. The van der Waals surface area contributed by atoms with Crippen LogP contribution in [0.1, 0.15) is 43.9 Å². The molecule has 1 aliphatic rings. The Morgan fingerprint density at radius 1 is 0.881 bits per heavy atom. The molecule has 1 fully saturated rings. The topological polar surface area (TPSA) is 91.1 Å². The molecule has 0 spiro atoms. The minimum Gasteiger partial charge on any atom is -0.453 e. The summed E-state index contributed by atoms with van der Waals surface area (Å²) in [7, 11) is 3.49. The number of carbonyl (C=O) groups excluding carboxylic acids is 2. The molecule has 0 saturated carbocycles. The Hall–Kier alpha value is -3.88. The molecule has 8 heteroatoms. The minimum atomic E-state index is -0.497. The molecule has 0 radical (unpaired) electrons. The van der Waals surface area contributed by atoms with Gasteiger partial charge < -0.3 is 25.2 Å². The molecule has 1 saturated heterocycles. The Morgan fingerprint density at radius 2 is 1.50 bits per heavy atom. The lowest BCUT2D eigenvalue weighted by molar-refractivity contribution is -0.134. The number of piperazine rings is 1. The molecule has 1 heterocycles. The second-order valence-electron chi connectivity index (χ2n) is 12.4. The number of anilines is 2. The predicted octanol–water partition coefficient (Wildman–Crippen LogP) is 5.71. The summed E-state index contributed by atoms with van der Waals surface area (Å²) < 4.78 is 4.92. The maximum atomic E-state index is 13.5. The van der Waals surface area contributed by atoms with Gasteiger partial charge in [-0.05, 0) is 58.5 Å². The van der Waals surface area contributed by atoms with Crippen molar-refractivity contribution in [1.82, 2.24) is 9.80 Å². The Kier molecular flexibility index (Phi) is 10.2. The molecule has 3 aromatic rings. The number of rotatable bonds is 9. The van der Waals surface area contributed by atoms with Gasteiger partial charge in [0.15, 0.2) is 0 Å². The Balaban J connectivity index is 1.62. The summed E-state index contributed by atoms with van der Waals surface area (Å²) in [5.74, 6) is 0.118. The van der Waals surface area contributed by atoms with Gasteiger partial charge in [0.05, 0.1) is 18.5 Å². The number of ether oxygens (including phenoxy) is 1. The van der Waals surface area contributed by atoms with Crippen LogP contribution in [0.5, 0.6) is 0 Å². The van der Waals surface area contributed by atoms with Gasteiger partial charge in [0.2, 0.25) is 5.91 Å². The maximum absolute atomic E-state index is 13.5. The third-order valence-electron chi connectivity index (χ3n) is 7.53. The fraction of sp³-hybridized carbons (Fsp3) is 0.412. The lowest BCUT2D eigenvalue weighted by atomic mass is 9.91. The highest BCUT2D eigenvalue weighted by Gasteiger charge is 2.23. The van der Waals surface area contributed by atoms with Gasteiger partial charge >= 0.3 is 6.09 Å². The number of benzene rings is 3. The van der Waals surface area contributed by atoms with E-state index in [9.17, 15) is 9.59 Å². The largest absolute Gasteiger partial charge is 0.453 e. The molecule has 0 aliphatic carbocycles. The van der Waals surface area contributed by atoms with Crippen LogP contribution in [0.2, 0.25) is 0 Å². The molecule has 3 N–H and O–H groups in total. The first-order valence-corrected chi connectivity index (χ1v) is 14.6. The molecule has 0 unspecified atom stereocenters. The molecule has 1 aliphatic heterocycles. The number of amides is 2. The van der Waals surface area contributed by atoms with E-state index in [4.69, 9.17) is 10.5 Å². The van der Waals surface area contributed by atoms with Crippen molar-refractivity contribution in [3.05, 3.63) is 83.4 Å². The quantitative estimate of drug-likeness (QED) is 0.342. The highest BCUT2D eigenvalue weighted by Crippen LogP contribution is 2.33. The van der Waals surface area contributed by atoms with Gasteiger partial charge in [-0.2, -0.15) is 0 Å². The number of methoxy groups -OCH3 is 1. The zero-order chi connectivity index (χ0) is 30.3. The van der Waals surface area contributed by atoms with Crippen LogP contribution in [-0.2, 0) is 29.2 Å². The fourth-order valence-corrected chi connectivity index (χ4v) is 5.24. The Morgan fingerprint density at radius 3 is 2.14 bits per heavy atom. The molecule has 3 aromatic carbocycles. The van der Waals surface area contributed by atoms with E-state index in [2.05, 4.69) is 79.3 Å². The Labute approximate surface area is 250 Å². The van der Waals surface area contributed by atoms with E-state index in [1.54, 1.807) is 0 Å². The highest BCUT2D eigenvalue weighted by atomic mass is 16.5. The summed E-state index contributed by atoms with van der Waals surface area (Å²) in [6.07, 6.45) is -0.0393. The number of likely N-dealkylation sites (N-methyl/N-ethyl adjacent to an activating group) is 1. The summed E-state index contributed by atoms with van der Waals surface area (Å²) in [6, 6.07) is 22.6. The van der Waals surface area contributed by atoms with E-state index >= 15 is 0 Å². The van der Waals surface area contributed by atoms with Crippen molar-refractivity contribution < 1.29 is 14.3 Å². The van der Waals surface area contributed by atoms with E-state index in [0.29, 0.717) is 26.1 Å². The number of carbonyl (C=O) groups is 2. The number of hydrogen-bond donors (Lipinski definition) is 2. The average molecular weight is 572 g/mol. The third-order valence-corrected chi connectivity index (χ3v) is 7.53. The molecular weight excluding hydrogens is 526 g/mol. The van der Waals surface area contributed by atoms with E-state index < -0.39 is 6.09 Å². The monoisotopic (exact) mass is 571 g/mol. The molecule has 0 atom stereocenters. The summed E-state index contributed by atoms with van der Waals surface area (Å²) in [5, 5.41) is 2.92. The van der Waals surface area contributed by atoms with E-state index in [0.717, 1.165) is 65.4 Å². The smallest absolute Gasteiger partial charge is 0.411 e. The van der Waals surface area contributed by atoms with Crippen LogP contribution in [0.4, 0.5) is 16.2 Å². The molecule has 0 aromatic heterocycles. The highest BCUT2D eigenvalue weighted by molar-refractivity contribution is 5.91. The second-order valence-corrected chi connectivity index (χ2v) is 12.4. The zero-order valence-electron chi connectivity index (χ0n) is 25.7. The first kappa shape index (κ1) is 31.1. The molecule has 0 bridgehead atoms. The first-order valence-electron chi connectivity index (χ1n) is 14.6. The van der Waals surface area contributed by atoms with Crippen molar-refractivity contribution in [2.75, 3.05) is 50.6 Å². The number of nitrogens with two attached hydrogens (primary N) is 1. The van der Waals surface area contributed by atoms with Gasteiger partial charge in [0, 0.05) is 52.2 Å². The van der Waals surface area contributed by atoms with Crippen molar-refractivity contribution in [3.8, 4) is 11.1 Å². The molecule has 42 heavy (non-hydrogen) atoms. The van der Waals surface area contributed by atoms with Gasteiger partial charge in [-0.3, -0.25) is 10.1 Å². The third kappa shape index (κ3) is 8.57. The summed E-state index contributed by atoms with van der Waals surface area (Å²) in [5.41, 5.74) is 12.6. The molecular formula is C34H45N5O3. The summed E-state index contributed by atoms with van der Waals surface area (Å²) >= 11 is 0. The van der Waals surface area contributed by atoms with Crippen LogP contribution in [-0.4, -0.2) is 62.1 Å². The molecule has 4 rings (SSSR count).